The van der Waals surface area contributed by atoms with E-state index in [0.29, 0.717) is 11.6 Å². The molecule has 2 nitrogen and oxygen atoms in total. The molecule has 0 spiro atoms. The van der Waals surface area contributed by atoms with Crippen LogP contribution in [0, 0.1) is 6.92 Å². The van der Waals surface area contributed by atoms with Gasteiger partial charge in [-0.15, -0.1) is 11.6 Å². The van der Waals surface area contributed by atoms with Crippen LogP contribution < -0.4 is 5.32 Å². The molecule has 0 aliphatic rings. The lowest BCUT2D eigenvalue weighted by Crippen LogP contribution is -2.21. The monoisotopic (exact) mass is 311 g/mol. The molecule has 0 aliphatic carbocycles. The van der Waals surface area contributed by atoms with Gasteiger partial charge in [-0.2, -0.15) is 0 Å². The molecule has 0 radical (unpaired) electrons. The molecule has 0 bridgehead atoms. The number of hydrogen-bond acceptors (Lipinski definition) is 2. The summed E-state index contributed by atoms with van der Waals surface area (Å²) in [6, 6.07) is 3.75. The van der Waals surface area contributed by atoms with Gasteiger partial charge in [0.15, 0.2) is 0 Å². The maximum atomic E-state index is 9.30. The Morgan fingerprint density at radius 3 is 2.80 bits per heavy atom. The average Bonchev–Trinajstić information content (AvgIpc) is 2.21. The second kappa shape index (κ2) is 5.94. The predicted molar refractivity (Wildman–Crippen MR) is 69.1 cm³/mol. The molecule has 0 fully saturated rings. The molecule has 84 valence electrons. The molecule has 5 heteroatoms. The van der Waals surface area contributed by atoms with Crippen molar-refractivity contribution in [2.24, 2.45) is 0 Å². The Morgan fingerprint density at radius 1 is 1.53 bits per heavy atom. The van der Waals surface area contributed by atoms with Gasteiger partial charge < -0.3 is 10.4 Å². The van der Waals surface area contributed by atoms with Crippen molar-refractivity contribution in [2.75, 3.05) is 17.7 Å². The molecular weight excluding hydrogens is 301 g/mol. The fourth-order valence-electron chi connectivity index (χ4n) is 1.12. The highest BCUT2D eigenvalue weighted by atomic mass is 79.9. The number of aliphatic hydroxyl groups is 1. The van der Waals surface area contributed by atoms with Crippen LogP contribution in [-0.4, -0.2) is 23.6 Å². The van der Waals surface area contributed by atoms with Gasteiger partial charge in [0.1, 0.15) is 0 Å². The molecule has 1 unspecified atom stereocenters. The summed E-state index contributed by atoms with van der Waals surface area (Å²) < 4.78 is 0.831. The molecule has 0 saturated heterocycles. The first-order valence-corrected chi connectivity index (χ1v) is 6.18. The summed E-state index contributed by atoms with van der Waals surface area (Å²) in [7, 11) is 0. The summed E-state index contributed by atoms with van der Waals surface area (Å²) >= 11 is 14.8. The number of benzene rings is 1. The van der Waals surface area contributed by atoms with Gasteiger partial charge >= 0.3 is 0 Å². The summed E-state index contributed by atoms with van der Waals surface area (Å²) in [5.41, 5.74) is 1.97. The van der Waals surface area contributed by atoms with Gasteiger partial charge in [0, 0.05) is 16.7 Å². The molecular formula is C10H12BrCl2NO. The van der Waals surface area contributed by atoms with E-state index in [0.717, 1.165) is 15.7 Å². The second-order valence-electron chi connectivity index (χ2n) is 3.27. The van der Waals surface area contributed by atoms with Gasteiger partial charge in [-0.05, 0) is 40.5 Å². The van der Waals surface area contributed by atoms with Crippen molar-refractivity contribution in [3.8, 4) is 0 Å². The Morgan fingerprint density at radius 2 is 2.20 bits per heavy atom. The van der Waals surface area contributed by atoms with Gasteiger partial charge in [0.25, 0.3) is 0 Å². The lowest BCUT2D eigenvalue weighted by molar-refractivity contribution is 0.211. The van der Waals surface area contributed by atoms with Crippen LogP contribution in [0.3, 0.4) is 0 Å². The van der Waals surface area contributed by atoms with Crippen molar-refractivity contribution in [2.45, 2.75) is 13.0 Å². The summed E-state index contributed by atoms with van der Waals surface area (Å²) in [5.74, 6) is 0.223. The first-order valence-electron chi connectivity index (χ1n) is 4.48. The number of anilines is 1. The maximum Gasteiger partial charge on any atom is 0.0847 e. The normalized spacial score (nSPS) is 12.6. The van der Waals surface area contributed by atoms with Gasteiger partial charge in [-0.3, -0.25) is 0 Å². The van der Waals surface area contributed by atoms with Crippen molar-refractivity contribution in [3.63, 3.8) is 0 Å². The molecule has 0 aromatic heterocycles. The minimum Gasteiger partial charge on any atom is -0.390 e. The number of aliphatic hydroxyl groups excluding tert-OH is 1. The van der Waals surface area contributed by atoms with Gasteiger partial charge in [0.2, 0.25) is 0 Å². The molecule has 0 heterocycles. The van der Waals surface area contributed by atoms with Gasteiger partial charge in [-0.1, -0.05) is 11.6 Å². The fraction of sp³-hybridized carbons (Fsp3) is 0.400. The van der Waals surface area contributed by atoms with Crippen LogP contribution in [0.1, 0.15) is 5.56 Å². The lowest BCUT2D eigenvalue weighted by atomic mass is 10.2. The van der Waals surface area contributed by atoms with E-state index in [2.05, 4.69) is 21.2 Å². The van der Waals surface area contributed by atoms with Crippen molar-refractivity contribution in [1.29, 1.82) is 0 Å². The summed E-state index contributed by atoms with van der Waals surface area (Å²) in [6.07, 6.45) is -0.541. The maximum absolute atomic E-state index is 9.30. The van der Waals surface area contributed by atoms with E-state index in [4.69, 9.17) is 23.2 Å². The number of halogens is 3. The van der Waals surface area contributed by atoms with Gasteiger partial charge in [0.05, 0.1) is 17.0 Å². The number of nitrogens with one attached hydrogen (secondary N) is 1. The van der Waals surface area contributed by atoms with Crippen molar-refractivity contribution in [1.82, 2.24) is 0 Å². The van der Waals surface area contributed by atoms with E-state index < -0.39 is 6.10 Å². The Kier molecular flexibility index (Phi) is 5.19. The summed E-state index contributed by atoms with van der Waals surface area (Å²) in [5, 5.41) is 13.1. The van der Waals surface area contributed by atoms with E-state index in [1.54, 1.807) is 0 Å². The van der Waals surface area contributed by atoms with Crippen molar-refractivity contribution < 1.29 is 5.11 Å². The molecule has 1 atom stereocenters. The number of aryl methyl sites for hydroxylation is 1. The number of rotatable bonds is 4. The van der Waals surface area contributed by atoms with E-state index >= 15 is 0 Å². The Balaban J connectivity index is 2.73. The van der Waals surface area contributed by atoms with E-state index in [1.165, 1.54) is 0 Å². The largest absolute Gasteiger partial charge is 0.390 e. The van der Waals surface area contributed by atoms with Crippen LogP contribution in [-0.2, 0) is 0 Å². The smallest absolute Gasteiger partial charge is 0.0847 e. The third-order valence-corrected chi connectivity index (χ3v) is 3.53. The molecule has 0 aliphatic heterocycles. The van der Waals surface area contributed by atoms with Crippen molar-refractivity contribution >= 4 is 44.8 Å². The van der Waals surface area contributed by atoms with E-state index in [-0.39, 0.29) is 5.88 Å². The highest BCUT2D eigenvalue weighted by Crippen LogP contribution is 2.28. The van der Waals surface area contributed by atoms with Crippen molar-refractivity contribution in [3.05, 3.63) is 27.2 Å². The highest BCUT2D eigenvalue weighted by Gasteiger charge is 2.06. The lowest BCUT2D eigenvalue weighted by Gasteiger charge is -2.13. The third-order valence-electron chi connectivity index (χ3n) is 1.97. The van der Waals surface area contributed by atoms with Gasteiger partial charge in [-0.25, -0.2) is 0 Å². The second-order valence-corrected chi connectivity index (χ2v) is 4.84. The fourth-order valence-corrected chi connectivity index (χ4v) is 1.79. The summed E-state index contributed by atoms with van der Waals surface area (Å²) in [6.45, 7) is 2.38. The first-order chi connectivity index (χ1) is 7.04. The molecule has 15 heavy (non-hydrogen) atoms. The van der Waals surface area contributed by atoms with E-state index in [1.807, 2.05) is 19.1 Å². The van der Waals surface area contributed by atoms with Crippen LogP contribution in [0.15, 0.2) is 16.6 Å². The SMILES string of the molecule is Cc1cc(Cl)c(Br)cc1NCC(O)CCl. The minimum atomic E-state index is -0.541. The summed E-state index contributed by atoms with van der Waals surface area (Å²) in [4.78, 5) is 0. The third kappa shape index (κ3) is 3.83. The highest BCUT2D eigenvalue weighted by molar-refractivity contribution is 9.10. The van der Waals surface area contributed by atoms with E-state index in [9.17, 15) is 5.11 Å². The van der Waals surface area contributed by atoms with Crippen LogP contribution in [0.25, 0.3) is 0 Å². The minimum absolute atomic E-state index is 0.223. The Hall–Kier alpha value is 0.0400. The topological polar surface area (TPSA) is 32.3 Å². The zero-order valence-corrected chi connectivity index (χ0v) is 11.3. The number of alkyl halides is 1. The Bertz CT molecular complexity index is 346. The molecule has 1 aromatic rings. The Labute approximate surface area is 108 Å². The van der Waals surface area contributed by atoms with Crippen LogP contribution in [0.4, 0.5) is 5.69 Å². The first kappa shape index (κ1) is 13.1. The zero-order chi connectivity index (χ0) is 11.4. The van der Waals surface area contributed by atoms with Crippen LogP contribution in [0.2, 0.25) is 5.02 Å². The standard InChI is InChI=1S/C10H12BrCl2NO/c1-6-2-9(13)8(11)3-10(6)14-5-7(15)4-12/h2-3,7,14-15H,4-5H2,1H3. The molecule has 1 rings (SSSR count). The molecule has 0 saturated carbocycles. The quantitative estimate of drug-likeness (QED) is 0.835. The number of hydrogen-bond donors (Lipinski definition) is 2. The van der Waals surface area contributed by atoms with Crippen LogP contribution >= 0.6 is 39.1 Å². The molecule has 2 N–H and O–H groups in total. The average molecular weight is 313 g/mol. The predicted octanol–water partition coefficient (Wildman–Crippen LogP) is 3.42. The molecule has 0 amide bonds. The van der Waals surface area contributed by atoms with Crippen LogP contribution in [0.5, 0.6) is 0 Å². The molecule has 1 aromatic carbocycles. The zero-order valence-electron chi connectivity index (χ0n) is 8.23.